The molecular weight excluding hydrogens is 364 g/mol. The molecule has 0 radical (unpaired) electrons. The van der Waals surface area contributed by atoms with E-state index in [2.05, 4.69) is 13.0 Å². The van der Waals surface area contributed by atoms with Crippen LogP contribution in [0, 0.1) is 0 Å². The molecule has 2 heterocycles. The van der Waals surface area contributed by atoms with Crippen molar-refractivity contribution in [2.75, 3.05) is 27.4 Å². The van der Waals surface area contributed by atoms with Crippen LogP contribution in [0.1, 0.15) is 53.9 Å². The van der Waals surface area contributed by atoms with Crippen molar-refractivity contribution in [3.63, 3.8) is 0 Å². The third kappa shape index (κ3) is 4.03. The standard InChI is InChI=1S/C21H36O7/c1-8-9-10-11-24-15-12-14-13-25-19(2,3)26-16(14)18-17(15)27-20(4,22-6)21(5,23-7)28-18/h12,15-18H,8-11,13H2,1-7H3/t15-,16-,17+,18+,20-,21-/m1/s1. The number of hydrogen-bond donors (Lipinski definition) is 0. The highest BCUT2D eigenvalue weighted by Crippen LogP contribution is 2.46. The summed E-state index contributed by atoms with van der Waals surface area (Å²) in [6.45, 7) is 10.8. The Balaban J connectivity index is 1.90. The highest BCUT2D eigenvalue weighted by Gasteiger charge is 2.62. The molecule has 3 rings (SSSR count). The summed E-state index contributed by atoms with van der Waals surface area (Å²) in [4.78, 5) is 0. The zero-order chi connectivity index (χ0) is 20.6. The van der Waals surface area contributed by atoms with E-state index in [9.17, 15) is 0 Å². The van der Waals surface area contributed by atoms with Crippen LogP contribution in [0.25, 0.3) is 0 Å². The van der Waals surface area contributed by atoms with E-state index < -0.39 is 23.5 Å². The highest BCUT2D eigenvalue weighted by molar-refractivity contribution is 5.24. The lowest BCUT2D eigenvalue weighted by molar-refractivity contribution is -0.465. The molecule has 7 nitrogen and oxygen atoms in total. The maximum absolute atomic E-state index is 6.48. The van der Waals surface area contributed by atoms with Gasteiger partial charge in [0, 0.05) is 20.8 Å². The van der Waals surface area contributed by atoms with Crippen molar-refractivity contribution in [2.45, 2.75) is 95.7 Å². The second-order valence-electron chi connectivity index (χ2n) is 8.48. The van der Waals surface area contributed by atoms with Gasteiger partial charge in [0.15, 0.2) is 5.79 Å². The molecule has 162 valence electrons. The van der Waals surface area contributed by atoms with Crippen molar-refractivity contribution in [2.24, 2.45) is 0 Å². The van der Waals surface area contributed by atoms with E-state index in [4.69, 9.17) is 33.2 Å². The Labute approximate surface area is 168 Å². The van der Waals surface area contributed by atoms with Gasteiger partial charge in [0.25, 0.3) is 0 Å². The normalized spacial score (nSPS) is 42.5. The van der Waals surface area contributed by atoms with Crippen molar-refractivity contribution in [3.8, 4) is 0 Å². The fourth-order valence-corrected chi connectivity index (χ4v) is 4.02. The Kier molecular flexibility index (Phi) is 6.57. The number of rotatable bonds is 7. The third-order valence-corrected chi connectivity index (χ3v) is 6.07. The summed E-state index contributed by atoms with van der Waals surface area (Å²) in [7, 11) is 3.18. The van der Waals surface area contributed by atoms with Gasteiger partial charge in [-0.2, -0.15) is 0 Å². The summed E-state index contributed by atoms with van der Waals surface area (Å²) >= 11 is 0. The molecule has 0 saturated carbocycles. The van der Waals surface area contributed by atoms with Gasteiger partial charge in [-0.3, -0.25) is 0 Å². The molecule has 0 bridgehead atoms. The molecule has 7 heteroatoms. The molecule has 0 amide bonds. The van der Waals surface area contributed by atoms with Gasteiger partial charge in [0.05, 0.1) is 6.61 Å². The molecule has 0 aromatic heterocycles. The minimum Gasteiger partial charge on any atom is -0.371 e. The second-order valence-corrected chi connectivity index (χ2v) is 8.48. The van der Waals surface area contributed by atoms with E-state index in [1.807, 2.05) is 27.7 Å². The molecule has 2 saturated heterocycles. The van der Waals surface area contributed by atoms with E-state index in [1.165, 1.54) is 0 Å². The van der Waals surface area contributed by atoms with E-state index >= 15 is 0 Å². The topological polar surface area (TPSA) is 64.6 Å². The summed E-state index contributed by atoms with van der Waals surface area (Å²) in [6, 6.07) is 0. The molecular formula is C21H36O7. The third-order valence-electron chi connectivity index (χ3n) is 6.07. The zero-order valence-electron chi connectivity index (χ0n) is 18.3. The number of unbranched alkanes of at least 4 members (excludes halogenated alkanes) is 2. The van der Waals surface area contributed by atoms with Crippen LogP contribution in [-0.4, -0.2) is 69.2 Å². The van der Waals surface area contributed by atoms with Crippen LogP contribution < -0.4 is 0 Å². The van der Waals surface area contributed by atoms with E-state index in [1.54, 1.807) is 14.2 Å². The minimum atomic E-state index is -1.09. The average molecular weight is 401 g/mol. The Morgan fingerprint density at radius 2 is 1.61 bits per heavy atom. The molecule has 6 atom stereocenters. The molecule has 0 aromatic rings. The summed E-state index contributed by atoms with van der Waals surface area (Å²) in [6.07, 6.45) is 4.03. The molecule has 0 N–H and O–H groups in total. The van der Waals surface area contributed by atoms with Crippen LogP contribution in [0.4, 0.5) is 0 Å². The van der Waals surface area contributed by atoms with Crippen molar-refractivity contribution < 1.29 is 33.2 Å². The van der Waals surface area contributed by atoms with E-state index in [0.717, 1.165) is 24.8 Å². The van der Waals surface area contributed by atoms with Gasteiger partial charge in [-0.15, -0.1) is 0 Å². The zero-order valence-corrected chi connectivity index (χ0v) is 18.3. The average Bonchev–Trinajstić information content (AvgIpc) is 2.66. The predicted octanol–water partition coefficient (Wildman–Crippen LogP) is 3.16. The quantitative estimate of drug-likeness (QED) is 0.480. The molecule has 28 heavy (non-hydrogen) atoms. The van der Waals surface area contributed by atoms with Gasteiger partial charge < -0.3 is 33.2 Å². The maximum atomic E-state index is 6.48. The molecule has 0 unspecified atom stereocenters. The van der Waals surface area contributed by atoms with Crippen molar-refractivity contribution in [1.82, 2.24) is 0 Å². The molecule has 0 aromatic carbocycles. The van der Waals surface area contributed by atoms with Crippen molar-refractivity contribution >= 4 is 0 Å². The maximum Gasteiger partial charge on any atom is 0.220 e. The van der Waals surface area contributed by atoms with Gasteiger partial charge >= 0.3 is 0 Å². The number of hydrogen-bond acceptors (Lipinski definition) is 7. The Morgan fingerprint density at radius 1 is 0.964 bits per heavy atom. The fourth-order valence-electron chi connectivity index (χ4n) is 4.02. The Hall–Kier alpha value is -0.540. The summed E-state index contributed by atoms with van der Waals surface area (Å²) < 4.78 is 42.6. The van der Waals surface area contributed by atoms with Crippen molar-refractivity contribution in [1.29, 1.82) is 0 Å². The van der Waals surface area contributed by atoms with E-state index in [0.29, 0.717) is 13.2 Å². The van der Waals surface area contributed by atoms with Crippen LogP contribution in [0.5, 0.6) is 0 Å². The Morgan fingerprint density at radius 3 is 2.21 bits per heavy atom. The monoisotopic (exact) mass is 400 g/mol. The second kappa shape index (κ2) is 8.30. The van der Waals surface area contributed by atoms with Crippen LogP contribution in [0.2, 0.25) is 0 Å². The van der Waals surface area contributed by atoms with E-state index in [-0.39, 0.29) is 18.3 Å². The first-order chi connectivity index (χ1) is 13.2. The lowest BCUT2D eigenvalue weighted by atomic mass is 9.86. The first-order valence-corrected chi connectivity index (χ1v) is 10.3. The Bertz CT molecular complexity index is 577. The molecule has 2 fully saturated rings. The van der Waals surface area contributed by atoms with Crippen LogP contribution >= 0.6 is 0 Å². The number of ether oxygens (including phenoxy) is 7. The van der Waals surface area contributed by atoms with Crippen molar-refractivity contribution in [3.05, 3.63) is 11.6 Å². The lowest BCUT2D eigenvalue weighted by Crippen LogP contribution is -2.71. The van der Waals surface area contributed by atoms with Gasteiger partial charge in [-0.25, -0.2) is 0 Å². The lowest BCUT2D eigenvalue weighted by Gasteiger charge is -2.57. The van der Waals surface area contributed by atoms with Gasteiger partial charge in [0.2, 0.25) is 11.6 Å². The first-order valence-electron chi connectivity index (χ1n) is 10.3. The molecule has 3 aliphatic rings. The summed E-state index contributed by atoms with van der Waals surface area (Å²) in [5.74, 6) is -2.87. The largest absolute Gasteiger partial charge is 0.371 e. The smallest absolute Gasteiger partial charge is 0.220 e. The fraction of sp³-hybridized carbons (Fsp3) is 0.905. The summed E-state index contributed by atoms with van der Waals surface area (Å²) in [5.41, 5.74) is 1.02. The van der Waals surface area contributed by atoms with Gasteiger partial charge in [-0.1, -0.05) is 19.8 Å². The first kappa shape index (κ1) is 22.2. The van der Waals surface area contributed by atoms with Gasteiger partial charge in [0.1, 0.15) is 24.4 Å². The highest BCUT2D eigenvalue weighted by atomic mass is 16.8. The predicted molar refractivity (Wildman–Crippen MR) is 103 cm³/mol. The van der Waals surface area contributed by atoms with Crippen LogP contribution in [-0.2, 0) is 33.2 Å². The molecule has 2 aliphatic heterocycles. The van der Waals surface area contributed by atoms with Crippen LogP contribution in [0.3, 0.4) is 0 Å². The minimum absolute atomic E-state index is 0.266. The summed E-state index contributed by atoms with van der Waals surface area (Å²) in [5, 5.41) is 0. The van der Waals surface area contributed by atoms with Crippen LogP contribution in [0.15, 0.2) is 11.6 Å². The van der Waals surface area contributed by atoms with Gasteiger partial charge in [-0.05, 0) is 45.8 Å². The SMILES string of the molecule is CCCCCO[C@@H]1C=C2COC(C)(C)O[C@H]2[C@@H]2O[C@@](C)(OC)[C@](C)(OC)O[C@H]21. The number of fused-ring (bicyclic) bond motifs is 3. The molecule has 1 aliphatic carbocycles. The number of methoxy groups -OCH3 is 2. The molecule has 0 spiro atoms.